The highest BCUT2D eigenvalue weighted by Gasteiger charge is 2.23. The quantitative estimate of drug-likeness (QED) is 0.656. The first-order chi connectivity index (χ1) is 5.74. The molecule has 1 saturated heterocycles. The zero-order valence-electron chi connectivity index (χ0n) is 8.16. The second kappa shape index (κ2) is 5.10. The molecule has 1 atom stereocenters. The Hall–Kier alpha value is 0.270. The molecule has 0 amide bonds. The summed E-state index contributed by atoms with van der Waals surface area (Å²) in [5.74, 6) is 0.990. The molecule has 1 aliphatic rings. The number of rotatable bonds is 4. The van der Waals surface area contributed by atoms with Gasteiger partial charge in [0.15, 0.2) is 0 Å². The zero-order valence-corrected chi connectivity index (χ0v) is 9.06. The molecule has 1 unspecified atom stereocenters. The van der Waals surface area contributed by atoms with E-state index in [1.807, 2.05) is 0 Å². The van der Waals surface area contributed by atoms with Crippen molar-refractivity contribution in [3.05, 3.63) is 0 Å². The predicted molar refractivity (Wildman–Crippen MR) is 57.0 cm³/mol. The van der Waals surface area contributed by atoms with Crippen LogP contribution in [-0.4, -0.2) is 55.3 Å². The molecule has 1 heterocycles. The topological polar surface area (TPSA) is 6.48 Å². The van der Waals surface area contributed by atoms with Gasteiger partial charge in [0.2, 0.25) is 0 Å². The summed E-state index contributed by atoms with van der Waals surface area (Å²) in [5.41, 5.74) is 0. The Labute approximate surface area is 81.3 Å². The van der Waals surface area contributed by atoms with Crippen LogP contribution in [0.2, 0.25) is 0 Å². The van der Waals surface area contributed by atoms with E-state index in [2.05, 4.69) is 36.5 Å². The molecule has 0 aromatic heterocycles. The predicted octanol–water partition coefficient (Wildman–Crippen LogP) is 0.942. The molecule has 0 aliphatic carbocycles. The van der Waals surface area contributed by atoms with Gasteiger partial charge in [-0.1, -0.05) is 0 Å². The number of thiol groups is 1. The van der Waals surface area contributed by atoms with Crippen LogP contribution in [0.5, 0.6) is 0 Å². The van der Waals surface area contributed by atoms with Crippen molar-refractivity contribution in [1.82, 2.24) is 9.80 Å². The van der Waals surface area contributed by atoms with Crippen molar-refractivity contribution in [2.75, 3.05) is 39.5 Å². The van der Waals surface area contributed by atoms with Crippen molar-refractivity contribution in [1.29, 1.82) is 0 Å². The third-order valence-corrected chi connectivity index (χ3v) is 2.66. The highest BCUT2D eigenvalue weighted by molar-refractivity contribution is 7.80. The SMILES string of the molecule is CN(C)CC1CCCN1CCS. The maximum atomic E-state index is 4.27. The van der Waals surface area contributed by atoms with Crippen molar-refractivity contribution in [2.24, 2.45) is 0 Å². The molecule has 0 saturated carbocycles. The molecule has 2 nitrogen and oxygen atoms in total. The number of nitrogens with zero attached hydrogens (tertiary/aromatic N) is 2. The Morgan fingerprint density at radius 2 is 2.25 bits per heavy atom. The molecule has 3 heteroatoms. The summed E-state index contributed by atoms with van der Waals surface area (Å²) >= 11 is 4.27. The highest BCUT2D eigenvalue weighted by atomic mass is 32.1. The van der Waals surface area contributed by atoms with E-state index in [9.17, 15) is 0 Å². The Kier molecular flexibility index (Phi) is 4.40. The molecule has 0 spiro atoms. The van der Waals surface area contributed by atoms with Gasteiger partial charge in [-0.25, -0.2) is 0 Å². The van der Waals surface area contributed by atoms with Gasteiger partial charge in [-0.2, -0.15) is 12.6 Å². The van der Waals surface area contributed by atoms with E-state index in [4.69, 9.17) is 0 Å². The third-order valence-electron chi connectivity index (χ3n) is 2.46. The molecule has 0 radical (unpaired) electrons. The van der Waals surface area contributed by atoms with Gasteiger partial charge in [-0.05, 0) is 33.5 Å². The second-order valence-electron chi connectivity index (χ2n) is 3.82. The Balaban J connectivity index is 2.30. The van der Waals surface area contributed by atoms with Crippen LogP contribution in [-0.2, 0) is 0 Å². The van der Waals surface area contributed by atoms with Crippen molar-refractivity contribution in [3.63, 3.8) is 0 Å². The van der Waals surface area contributed by atoms with Gasteiger partial charge in [0, 0.05) is 24.9 Å². The average Bonchev–Trinajstić information content (AvgIpc) is 2.37. The standard InChI is InChI=1S/C9H20N2S/c1-10(2)8-9-4-3-5-11(9)6-7-12/h9,12H,3-8H2,1-2H3. The minimum atomic E-state index is 0.784. The van der Waals surface area contributed by atoms with Crippen LogP contribution in [0, 0.1) is 0 Å². The van der Waals surface area contributed by atoms with E-state index in [-0.39, 0.29) is 0 Å². The van der Waals surface area contributed by atoms with Crippen LogP contribution >= 0.6 is 12.6 Å². The Morgan fingerprint density at radius 1 is 1.50 bits per heavy atom. The molecule has 1 fully saturated rings. The van der Waals surface area contributed by atoms with Crippen LogP contribution in [0.25, 0.3) is 0 Å². The number of hydrogen-bond donors (Lipinski definition) is 1. The number of hydrogen-bond acceptors (Lipinski definition) is 3. The van der Waals surface area contributed by atoms with Gasteiger partial charge in [0.05, 0.1) is 0 Å². The molecular formula is C9H20N2S. The molecule has 0 N–H and O–H groups in total. The van der Waals surface area contributed by atoms with Crippen molar-refractivity contribution in [2.45, 2.75) is 18.9 Å². The van der Waals surface area contributed by atoms with Gasteiger partial charge < -0.3 is 4.90 Å². The first kappa shape index (κ1) is 10.4. The van der Waals surface area contributed by atoms with E-state index in [1.54, 1.807) is 0 Å². The lowest BCUT2D eigenvalue weighted by atomic mass is 10.2. The number of likely N-dealkylation sites (N-methyl/N-ethyl adjacent to an activating group) is 1. The van der Waals surface area contributed by atoms with E-state index in [0.29, 0.717) is 0 Å². The molecule has 0 aromatic carbocycles. The normalized spacial score (nSPS) is 25.5. The second-order valence-corrected chi connectivity index (χ2v) is 4.27. The summed E-state index contributed by atoms with van der Waals surface area (Å²) in [6.45, 7) is 3.63. The van der Waals surface area contributed by atoms with E-state index in [1.165, 1.54) is 25.9 Å². The molecule has 0 aromatic rings. The first-order valence-electron chi connectivity index (χ1n) is 4.73. The minimum absolute atomic E-state index is 0.784. The lowest BCUT2D eigenvalue weighted by Crippen LogP contribution is -2.38. The van der Waals surface area contributed by atoms with Crippen LogP contribution in [0.15, 0.2) is 0 Å². The van der Waals surface area contributed by atoms with Crippen LogP contribution < -0.4 is 0 Å². The molecule has 72 valence electrons. The maximum Gasteiger partial charge on any atom is 0.0223 e. The number of likely N-dealkylation sites (tertiary alicyclic amines) is 1. The van der Waals surface area contributed by atoms with E-state index >= 15 is 0 Å². The summed E-state index contributed by atoms with van der Waals surface area (Å²) in [7, 11) is 4.30. The van der Waals surface area contributed by atoms with Gasteiger partial charge in [0.1, 0.15) is 0 Å². The van der Waals surface area contributed by atoms with Crippen LogP contribution in [0.4, 0.5) is 0 Å². The molecule has 1 aliphatic heterocycles. The lowest BCUT2D eigenvalue weighted by molar-refractivity contribution is 0.218. The fourth-order valence-corrected chi connectivity index (χ4v) is 2.20. The minimum Gasteiger partial charge on any atom is -0.308 e. The smallest absolute Gasteiger partial charge is 0.0223 e. The monoisotopic (exact) mass is 188 g/mol. The average molecular weight is 188 g/mol. The molecule has 0 bridgehead atoms. The third kappa shape index (κ3) is 2.96. The summed E-state index contributed by atoms with van der Waals surface area (Å²) in [6, 6.07) is 0.784. The summed E-state index contributed by atoms with van der Waals surface area (Å²) in [5, 5.41) is 0. The van der Waals surface area contributed by atoms with Crippen molar-refractivity contribution in [3.8, 4) is 0 Å². The molecular weight excluding hydrogens is 168 g/mol. The maximum absolute atomic E-state index is 4.27. The Bertz CT molecular complexity index is 128. The summed E-state index contributed by atoms with van der Waals surface area (Å²) in [6.07, 6.45) is 2.73. The molecule has 1 rings (SSSR count). The van der Waals surface area contributed by atoms with Gasteiger partial charge >= 0.3 is 0 Å². The fraction of sp³-hybridized carbons (Fsp3) is 1.00. The summed E-state index contributed by atoms with van der Waals surface area (Å²) < 4.78 is 0. The van der Waals surface area contributed by atoms with Crippen LogP contribution in [0.1, 0.15) is 12.8 Å². The fourth-order valence-electron chi connectivity index (χ4n) is 1.95. The van der Waals surface area contributed by atoms with Crippen molar-refractivity contribution >= 4 is 12.6 Å². The van der Waals surface area contributed by atoms with Crippen LogP contribution in [0.3, 0.4) is 0 Å². The first-order valence-corrected chi connectivity index (χ1v) is 5.37. The van der Waals surface area contributed by atoms with Gasteiger partial charge in [0.25, 0.3) is 0 Å². The highest BCUT2D eigenvalue weighted by Crippen LogP contribution is 2.16. The van der Waals surface area contributed by atoms with Gasteiger partial charge in [-0.15, -0.1) is 0 Å². The summed E-state index contributed by atoms with van der Waals surface area (Å²) in [4.78, 5) is 4.84. The van der Waals surface area contributed by atoms with E-state index in [0.717, 1.165) is 18.3 Å². The van der Waals surface area contributed by atoms with E-state index < -0.39 is 0 Å². The zero-order chi connectivity index (χ0) is 8.97. The largest absolute Gasteiger partial charge is 0.308 e. The molecule has 12 heavy (non-hydrogen) atoms. The van der Waals surface area contributed by atoms with Crippen molar-refractivity contribution < 1.29 is 0 Å². The van der Waals surface area contributed by atoms with Gasteiger partial charge in [-0.3, -0.25) is 4.90 Å². The lowest BCUT2D eigenvalue weighted by Gasteiger charge is -2.26. The Morgan fingerprint density at radius 3 is 2.83 bits per heavy atom.